The van der Waals surface area contributed by atoms with Gasteiger partial charge in [0.25, 0.3) is 0 Å². The van der Waals surface area contributed by atoms with Crippen LogP contribution in [-0.4, -0.2) is 13.0 Å². The molecule has 3 heteroatoms. The summed E-state index contributed by atoms with van der Waals surface area (Å²) in [5.41, 5.74) is 3.61. The second-order valence-corrected chi connectivity index (χ2v) is 6.69. The number of hydrogen-bond donors (Lipinski definition) is 1. The summed E-state index contributed by atoms with van der Waals surface area (Å²) in [5, 5.41) is 3.07. The van der Waals surface area contributed by atoms with E-state index in [1.165, 1.54) is 24.0 Å². The van der Waals surface area contributed by atoms with Gasteiger partial charge in [-0.2, -0.15) is 0 Å². The zero-order valence-corrected chi connectivity index (χ0v) is 14.4. The molecule has 2 aromatic carbocycles. The molecule has 0 spiro atoms. The lowest BCUT2D eigenvalue weighted by Gasteiger charge is -2.17. The summed E-state index contributed by atoms with van der Waals surface area (Å²) >= 11 is 0. The van der Waals surface area contributed by atoms with Crippen LogP contribution >= 0.6 is 0 Å². The third kappa shape index (κ3) is 4.38. The number of ether oxygens (including phenoxy) is 1. The number of nitrogens with one attached hydrogen (secondary N) is 1. The van der Waals surface area contributed by atoms with Crippen LogP contribution in [0.2, 0.25) is 0 Å². The Labute approximate surface area is 144 Å². The smallest absolute Gasteiger partial charge is 0.220 e. The van der Waals surface area contributed by atoms with Crippen LogP contribution in [0.1, 0.15) is 41.9 Å². The highest BCUT2D eigenvalue weighted by Gasteiger charge is 2.33. The molecule has 1 N–H and O–H groups in total. The summed E-state index contributed by atoms with van der Waals surface area (Å²) < 4.78 is 5.22. The van der Waals surface area contributed by atoms with Crippen molar-refractivity contribution in [1.82, 2.24) is 5.32 Å². The van der Waals surface area contributed by atoms with Crippen LogP contribution in [-0.2, 0) is 11.3 Å². The van der Waals surface area contributed by atoms with Gasteiger partial charge in [0.15, 0.2) is 0 Å². The maximum Gasteiger partial charge on any atom is 0.220 e. The predicted molar refractivity (Wildman–Crippen MR) is 96.1 cm³/mol. The van der Waals surface area contributed by atoms with E-state index in [4.69, 9.17) is 4.74 Å². The van der Waals surface area contributed by atoms with E-state index in [-0.39, 0.29) is 5.91 Å². The van der Waals surface area contributed by atoms with Crippen molar-refractivity contribution < 1.29 is 9.53 Å². The standard InChI is InChI=1S/C21H25NO2/c1-15-4-3-5-16(12-15)14-22-21(23)13-20(17-6-7-17)18-8-10-19(24-2)11-9-18/h3-5,8-12,17,20H,6-7,13-14H2,1-2H3,(H,22,23). The van der Waals surface area contributed by atoms with Crippen LogP contribution in [0.4, 0.5) is 0 Å². The Morgan fingerprint density at radius 1 is 1.21 bits per heavy atom. The van der Waals surface area contributed by atoms with Crippen molar-refractivity contribution in [3.8, 4) is 5.75 Å². The molecule has 0 aliphatic heterocycles. The van der Waals surface area contributed by atoms with Crippen molar-refractivity contribution in [2.45, 2.75) is 38.6 Å². The predicted octanol–water partition coefficient (Wildman–Crippen LogP) is 4.20. The van der Waals surface area contributed by atoms with Gasteiger partial charge < -0.3 is 10.1 Å². The van der Waals surface area contributed by atoms with Gasteiger partial charge in [0.05, 0.1) is 7.11 Å². The minimum atomic E-state index is 0.129. The first-order valence-electron chi connectivity index (χ1n) is 8.62. The fourth-order valence-corrected chi connectivity index (χ4v) is 3.20. The first-order valence-corrected chi connectivity index (χ1v) is 8.62. The van der Waals surface area contributed by atoms with Gasteiger partial charge in [0.1, 0.15) is 5.75 Å². The van der Waals surface area contributed by atoms with E-state index in [1.807, 2.05) is 18.2 Å². The molecule has 0 heterocycles. The third-order valence-electron chi connectivity index (χ3n) is 4.71. The van der Waals surface area contributed by atoms with E-state index in [2.05, 4.69) is 42.6 Å². The van der Waals surface area contributed by atoms with E-state index in [1.54, 1.807) is 7.11 Å². The van der Waals surface area contributed by atoms with Crippen molar-refractivity contribution in [2.75, 3.05) is 7.11 Å². The SMILES string of the molecule is COc1ccc(C(CC(=O)NCc2cccc(C)c2)C2CC2)cc1. The van der Waals surface area contributed by atoms with Crippen molar-refractivity contribution >= 4 is 5.91 Å². The zero-order valence-electron chi connectivity index (χ0n) is 14.4. The molecule has 1 saturated carbocycles. The molecule has 3 nitrogen and oxygen atoms in total. The number of carbonyl (C=O) groups excluding carboxylic acids is 1. The van der Waals surface area contributed by atoms with E-state index in [9.17, 15) is 4.79 Å². The summed E-state index contributed by atoms with van der Waals surface area (Å²) in [7, 11) is 1.67. The molecule has 1 aliphatic rings. The molecule has 0 aromatic heterocycles. The molecule has 1 aliphatic carbocycles. The van der Waals surface area contributed by atoms with Crippen LogP contribution in [0, 0.1) is 12.8 Å². The Kier molecular flexibility index (Phi) is 5.19. The lowest BCUT2D eigenvalue weighted by molar-refractivity contribution is -0.121. The lowest BCUT2D eigenvalue weighted by atomic mass is 9.90. The minimum Gasteiger partial charge on any atom is -0.497 e. The number of methoxy groups -OCH3 is 1. The second kappa shape index (κ2) is 7.52. The number of amides is 1. The number of benzene rings is 2. The van der Waals surface area contributed by atoms with E-state index in [0.29, 0.717) is 24.8 Å². The highest BCUT2D eigenvalue weighted by Crippen LogP contribution is 2.44. The molecule has 2 aromatic rings. The summed E-state index contributed by atoms with van der Waals surface area (Å²) in [6, 6.07) is 16.4. The Morgan fingerprint density at radius 3 is 2.58 bits per heavy atom. The Morgan fingerprint density at radius 2 is 1.96 bits per heavy atom. The molecule has 1 atom stereocenters. The van der Waals surface area contributed by atoms with Crippen LogP contribution < -0.4 is 10.1 Å². The summed E-state index contributed by atoms with van der Waals surface area (Å²) in [6.45, 7) is 2.67. The average molecular weight is 323 g/mol. The van der Waals surface area contributed by atoms with Crippen molar-refractivity contribution in [2.24, 2.45) is 5.92 Å². The third-order valence-corrected chi connectivity index (χ3v) is 4.71. The van der Waals surface area contributed by atoms with Crippen molar-refractivity contribution in [1.29, 1.82) is 0 Å². The second-order valence-electron chi connectivity index (χ2n) is 6.69. The monoisotopic (exact) mass is 323 g/mol. The molecule has 1 amide bonds. The first-order chi connectivity index (χ1) is 11.7. The average Bonchev–Trinajstić information content (AvgIpc) is 3.43. The van der Waals surface area contributed by atoms with E-state index in [0.717, 1.165) is 11.3 Å². The Hall–Kier alpha value is -2.29. The fraction of sp³-hybridized carbons (Fsp3) is 0.381. The molecule has 0 radical (unpaired) electrons. The molecule has 0 bridgehead atoms. The summed E-state index contributed by atoms with van der Waals surface area (Å²) in [5.74, 6) is 1.94. The minimum absolute atomic E-state index is 0.129. The Bertz CT molecular complexity index is 689. The normalized spacial score (nSPS) is 14.9. The molecule has 1 unspecified atom stereocenters. The van der Waals surface area contributed by atoms with Gasteiger partial charge >= 0.3 is 0 Å². The largest absolute Gasteiger partial charge is 0.497 e. The fourth-order valence-electron chi connectivity index (χ4n) is 3.20. The van der Waals surface area contributed by atoms with Gasteiger partial charge in [-0.15, -0.1) is 0 Å². The summed E-state index contributed by atoms with van der Waals surface area (Å²) in [6.07, 6.45) is 3.01. The van der Waals surface area contributed by atoms with E-state index < -0.39 is 0 Å². The van der Waals surface area contributed by atoms with Crippen LogP contribution in [0.3, 0.4) is 0 Å². The van der Waals surface area contributed by atoms with Crippen LogP contribution in [0.25, 0.3) is 0 Å². The van der Waals surface area contributed by atoms with Crippen molar-refractivity contribution in [3.05, 3.63) is 65.2 Å². The molecule has 24 heavy (non-hydrogen) atoms. The zero-order chi connectivity index (χ0) is 16.9. The first kappa shape index (κ1) is 16.6. The van der Waals surface area contributed by atoms with E-state index >= 15 is 0 Å². The quantitative estimate of drug-likeness (QED) is 0.829. The lowest BCUT2D eigenvalue weighted by Crippen LogP contribution is -2.25. The van der Waals surface area contributed by atoms with Gasteiger partial charge in [0, 0.05) is 13.0 Å². The maximum atomic E-state index is 12.4. The molecule has 126 valence electrons. The highest BCUT2D eigenvalue weighted by molar-refractivity contribution is 5.77. The van der Waals surface area contributed by atoms with Crippen LogP contribution in [0.5, 0.6) is 5.75 Å². The topological polar surface area (TPSA) is 38.3 Å². The molecular weight excluding hydrogens is 298 g/mol. The number of carbonyl (C=O) groups is 1. The van der Waals surface area contributed by atoms with Gasteiger partial charge in [-0.1, -0.05) is 42.0 Å². The molecule has 3 rings (SSSR count). The van der Waals surface area contributed by atoms with Gasteiger partial charge in [-0.05, 0) is 54.9 Å². The summed E-state index contributed by atoms with van der Waals surface area (Å²) in [4.78, 5) is 12.4. The highest BCUT2D eigenvalue weighted by atomic mass is 16.5. The number of aryl methyl sites for hydroxylation is 1. The van der Waals surface area contributed by atoms with Gasteiger partial charge in [-0.25, -0.2) is 0 Å². The maximum absolute atomic E-state index is 12.4. The van der Waals surface area contributed by atoms with Gasteiger partial charge in [-0.3, -0.25) is 4.79 Å². The van der Waals surface area contributed by atoms with Crippen LogP contribution in [0.15, 0.2) is 48.5 Å². The number of hydrogen-bond acceptors (Lipinski definition) is 2. The molecular formula is C21H25NO2. The Balaban J connectivity index is 1.59. The van der Waals surface area contributed by atoms with Crippen molar-refractivity contribution in [3.63, 3.8) is 0 Å². The molecule has 0 saturated heterocycles. The number of rotatable bonds is 7. The molecule has 1 fully saturated rings. The van der Waals surface area contributed by atoms with Gasteiger partial charge in [0.2, 0.25) is 5.91 Å².